The zero-order valence-electron chi connectivity index (χ0n) is 15.6. The molecule has 1 aliphatic heterocycles. The summed E-state index contributed by atoms with van der Waals surface area (Å²) in [6, 6.07) is 9.78. The molecule has 6 nitrogen and oxygen atoms in total. The normalized spacial score (nSPS) is 16.8. The first-order chi connectivity index (χ1) is 13.6. The predicted octanol–water partition coefficient (Wildman–Crippen LogP) is 4.20. The second-order valence-corrected chi connectivity index (χ2v) is 7.85. The molecule has 2 amide bonds. The van der Waals surface area contributed by atoms with Gasteiger partial charge in [0.25, 0.3) is 5.91 Å². The minimum atomic E-state index is -0.240. The van der Waals surface area contributed by atoms with Crippen LogP contribution in [0.25, 0.3) is 11.3 Å². The van der Waals surface area contributed by atoms with Crippen molar-refractivity contribution in [2.75, 3.05) is 18.4 Å². The minimum absolute atomic E-state index is 0.0884. The number of rotatable bonds is 4. The van der Waals surface area contributed by atoms with Crippen LogP contribution in [0.2, 0.25) is 0 Å². The van der Waals surface area contributed by atoms with E-state index >= 15 is 0 Å². The highest BCUT2D eigenvalue weighted by atomic mass is 32.1. The molecule has 0 spiro atoms. The molecule has 1 saturated heterocycles. The fraction of sp³-hybridized carbons (Fsp3) is 0.286. The van der Waals surface area contributed by atoms with Gasteiger partial charge in [0.15, 0.2) is 5.13 Å². The van der Waals surface area contributed by atoms with Gasteiger partial charge < -0.3 is 14.6 Å². The lowest BCUT2D eigenvalue weighted by molar-refractivity contribution is -0.121. The molecule has 1 unspecified atom stereocenters. The Morgan fingerprint density at radius 2 is 2.07 bits per heavy atom. The third kappa shape index (κ3) is 3.99. The maximum Gasteiger partial charge on any atom is 0.257 e. The number of benzene rings is 1. The van der Waals surface area contributed by atoms with Crippen LogP contribution in [0.4, 0.5) is 5.13 Å². The molecule has 1 aliphatic rings. The first-order valence-electron chi connectivity index (χ1n) is 9.25. The van der Waals surface area contributed by atoms with Gasteiger partial charge in [0.05, 0.1) is 23.4 Å². The fourth-order valence-electron chi connectivity index (χ4n) is 3.34. The van der Waals surface area contributed by atoms with E-state index in [-0.39, 0.29) is 17.7 Å². The molecule has 3 heterocycles. The molecule has 0 aliphatic carbocycles. The van der Waals surface area contributed by atoms with E-state index < -0.39 is 0 Å². The minimum Gasteiger partial charge on any atom is -0.472 e. The van der Waals surface area contributed by atoms with Crippen LogP contribution in [0, 0.1) is 12.8 Å². The molecule has 2 aromatic heterocycles. The molecule has 0 saturated carbocycles. The maximum absolute atomic E-state index is 12.7. The van der Waals surface area contributed by atoms with Gasteiger partial charge in [-0.1, -0.05) is 29.8 Å². The van der Waals surface area contributed by atoms with Gasteiger partial charge in [-0.15, -0.1) is 11.3 Å². The molecule has 4 rings (SSSR count). The number of hydrogen-bond acceptors (Lipinski definition) is 5. The number of nitrogens with one attached hydrogen (secondary N) is 1. The molecule has 3 aromatic rings. The van der Waals surface area contributed by atoms with Gasteiger partial charge in [-0.2, -0.15) is 0 Å². The summed E-state index contributed by atoms with van der Waals surface area (Å²) in [5.74, 6) is -0.423. The van der Waals surface area contributed by atoms with Crippen LogP contribution in [0.15, 0.2) is 52.7 Å². The lowest BCUT2D eigenvalue weighted by Gasteiger charge is -2.31. The van der Waals surface area contributed by atoms with Gasteiger partial charge in [0.1, 0.15) is 6.26 Å². The largest absolute Gasteiger partial charge is 0.472 e. The highest BCUT2D eigenvalue weighted by Crippen LogP contribution is 2.26. The van der Waals surface area contributed by atoms with Crippen molar-refractivity contribution in [3.8, 4) is 11.3 Å². The average molecular weight is 395 g/mol. The number of carbonyl (C=O) groups is 2. The number of furan rings is 1. The summed E-state index contributed by atoms with van der Waals surface area (Å²) in [4.78, 5) is 31.5. The Morgan fingerprint density at radius 3 is 2.82 bits per heavy atom. The number of anilines is 1. The molecule has 0 radical (unpaired) electrons. The number of piperidine rings is 1. The average Bonchev–Trinajstić information content (AvgIpc) is 3.40. The Hall–Kier alpha value is -2.93. The van der Waals surface area contributed by atoms with Crippen molar-refractivity contribution in [1.82, 2.24) is 9.88 Å². The smallest absolute Gasteiger partial charge is 0.257 e. The van der Waals surface area contributed by atoms with Gasteiger partial charge in [0, 0.05) is 24.0 Å². The number of aryl methyl sites for hydroxylation is 1. The standard InChI is InChI=1S/C21H21N3O3S/c1-14-4-6-15(7-5-14)18-13-28-21(22-18)23-19(25)16-3-2-9-24(11-16)20(26)17-8-10-27-12-17/h4-8,10,12-13,16H,2-3,9,11H2,1H3,(H,22,23,25). The molecule has 0 bridgehead atoms. The number of aromatic nitrogens is 1. The van der Waals surface area contributed by atoms with E-state index in [9.17, 15) is 9.59 Å². The summed E-state index contributed by atoms with van der Waals surface area (Å²) in [5.41, 5.74) is 3.58. The second-order valence-electron chi connectivity index (χ2n) is 7.00. The summed E-state index contributed by atoms with van der Waals surface area (Å²) >= 11 is 1.41. The Bertz CT molecular complexity index is 963. The third-order valence-electron chi connectivity index (χ3n) is 4.93. The van der Waals surface area contributed by atoms with Crippen LogP contribution >= 0.6 is 11.3 Å². The Morgan fingerprint density at radius 1 is 1.25 bits per heavy atom. The van der Waals surface area contributed by atoms with Gasteiger partial charge in [0.2, 0.25) is 5.91 Å². The van der Waals surface area contributed by atoms with E-state index in [1.54, 1.807) is 11.0 Å². The summed E-state index contributed by atoms with van der Waals surface area (Å²) in [6.07, 6.45) is 4.48. The zero-order valence-corrected chi connectivity index (χ0v) is 16.4. The topological polar surface area (TPSA) is 75.4 Å². The molecule has 7 heteroatoms. The summed E-state index contributed by atoms with van der Waals surface area (Å²) < 4.78 is 4.99. The highest BCUT2D eigenvalue weighted by molar-refractivity contribution is 7.14. The van der Waals surface area contributed by atoms with E-state index in [1.165, 1.54) is 29.4 Å². The van der Waals surface area contributed by atoms with E-state index in [4.69, 9.17) is 4.42 Å². The summed E-state index contributed by atoms with van der Waals surface area (Å²) in [5, 5.41) is 5.44. The number of carbonyl (C=O) groups excluding carboxylic acids is 2. The van der Waals surface area contributed by atoms with Crippen molar-refractivity contribution in [2.45, 2.75) is 19.8 Å². The van der Waals surface area contributed by atoms with Gasteiger partial charge in [-0.3, -0.25) is 9.59 Å². The molecule has 144 valence electrons. The maximum atomic E-state index is 12.7. The molecule has 1 fully saturated rings. The van der Waals surface area contributed by atoms with Crippen molar-refractivity contribution in [3.63, 3.8) is 0 Å². The molecule has 1 aromatic carbocycles. The number of hydrogen-bond donors (Lipinski definition) is 1. The summed E-state index contributed by atoms with van der Waals surface area (Å²) in [6.45, 7) is 3.11. The van der Waals surface area contributed by atoms with Gasteiger partial charge in [-0.25, -0.2) is 4.98 Å². The first-order valence-corrected chi connectivity index (χ1v) is 10.1. The van der Waals surface area contributed by atoms with E-state index in [0.717, 1.165) is 24.1 Å². The Labute approximate surface area is 167 Å². The van der Waals surface area contributed by atoms with Crippen molar-refractivity contribution in [3.05, 3.63) is 59.4 Å². The first kappa shape index (κ1) is 18.4. The van der Waals surface area contributed by atoms with Crippen LogP contribution < -0.4 is 5.32 Å². The van der Waals surface area contributed by atoms with Crippen LogP contribution in [0.5, 0.6) is 0 Å². The van der Waals surface area contributed by atoms with Crippen molar-refractivity contribution in [2.24, 2.45) is 5.92 Å². The van der Waals surface area contributed by atoms with Crippen LogP contribution in [0.3, 0.4) is 0 Å². The van der Waals surface area contributed by atoms with E-state index in [1.807, 2.05) is 36.6 Å². The molecular weight excluding hydrogens is 374 g/mol. The van der Waals surface area contributed by atoms with E-state index in [0.29, 0.717) is 23.8 Å². The van der Waals surface area contributed by atoms with Crippen LogP contribution in [0.1, 0.15) is 28.8 Å². The predicted molar refractivity (Wildman–Crippen MR) is 108 cm³/mol. The highest BCUT2D eigenvalue weighted by Gasteiger charge is 2.29. The Kier molecular flexibility index (Phi) is 5.25. The quantitative estimate of drug-likeness (QED) is 0.718. The second kappa shape index (κ2) is 7.98. The molecule has 28 heavy (non-hydrogen) atoms. The molecule has 1 N–H and O–H groups in total. The van der Waals surface area contributed by atoms with Gasteiger partial charge >= 0.3 is 0 Å². The fourth-order valence-corrected chi connectivity index (χ4v) is 4.06. The van der Waals surface area contributed by atoms with Crippen molar-refractivity contribution in [1.29, 1.82) is 0 Å². The van der Waals surface area contributed by atoms with Gasteiger partial charge in [-0.05, 0) is 25.8 Å². The lowest BCUT2D eigenvalue weighted by atomic mass is 9.97. The van der Waals surface area contributed by atoms with Crippen LogP contribution in [-0.4, -0.2) is 34.8 Å². The number of thiazole rings is 1. The molecular formula is C21H21N3O3S. The van der Waals surface area contributed by atoms with Crippen molar-refractivity contribution < 1.29 is 14.0 Å². The van der Waals surface area contributed by atoms with Crippen LogP contribution in [-0.2, 0) is 4.79 Å². The monoisotopic (exact) mass is 395 g/mol. The number of amides is 2. The lowest BCUT2D eigenvalue weighted by Crippen LogP contribution is -2.43. The SMILES string of the molecule is Cc1ccc(-c2csc(NC(=O)C3CCCN(C(=O)c4ccoc4)C3)n2)cc1. The number of nitrogens with zero attached hydrogens (tertiary/aromatic N) is 2. The zero-order chi connectivity index (χ0) is 19.5. The van der Waals surface area contributed by atoms with E-state index in [2.05, 4.69) is 10.3 Å². The number of likely N-dealkylation sites (tertiary alicyclic amines) is 1. The summed E-state index contributed by atoms with van der Waals surface area (Å²) in [7, 11) is 0. The molecule has 1 atom stereocenters. The third-order valence-corrected chi connectivity index (χ3v) is 5.69. The Balaban J connectivity index is 1.39. The van der Waals surface area contributed by atoms with Crippen molar-refractivity contribution >= 4 is 28.3 Å².